The first-order valence-electron chi connectivity index (χ1n) is 8.16. The first kappa shape index (κ1) is 16.7. The number of rotatable bonds is 3. The van der Waals surface area contributed by atoms with Gasteiger partial charge in [0.15, 0.2) is 0 Å². The number of carbonyl (C=O) groups excluding carboxylic acids is 2. The Balaban J connectivity index is 1.67. The Hall–Kier alpha value is -2.15. The normalized spacial score (nSPS) is 20.4. The zero-order chi connectivity index (χ0) is 17.3. The Morgan fingerprint density at radius 1 is 1.46 bits per heavy atom. The highest BCUT2D eigenvalue weighted by atomic mass is 32.1. The third-order valence-corrected chi connectivity index (χ3v) is 5.28. The van der Waals surface area contributed by atoms with Crippen molar-refractivity contribution in [3.63, 3.8) is 0 Å². The van der Waals surface area contributed by atoms with E-state index in [1.165, 1.54) is 5.56 Å². The standard InChI is InChI=1S/C17H22N4O2S/c1-4-14-8-15(20(3)19-14)18-16(22)17(23)21-9-13(7-11(21)2)12-5-6-24-10-12/h5-6,8,10-11,13H,4,7,9H2,1-3H3,(H,18,22)/t11-,13+/m1/s1. The molecule has 6 nitrogen and oxygen atoms in total. The summed E-state index contributed by atoms with van der Waals surface area (Å²) >= 11 is 1.66. The second-order valence-electron chi connectivity index (χ2n) is 6.25. The van der Waals surface area contributed by atoms with E-state index in [1.54, 1.807) is 34.0 Å². The van der Waals surface area contributed by atoms with E-state index in [9.17, 15) is 9.59 Å². The molecule has 0 bridgehead atoms. The largest absolute Gasteiger partial charge is 0.331 e. The molecule has 0 saturated carbocycles. The molecule has 128 valence electrons. The highest BCUT2D eigenvalue weighted by molar-refractivity contribution is 7.08. The van der Waals surface area contributed by atoms with Crippen LogP contribution in [0, 0.1) is 0 Å². The molecule has 7 heteroatoms. The molecular weight excluding hydrogens is 324 g/mol. The molecule has 1 saturated heterocycles. The van der Waals surface area contributed by atoms with E-state index in [2.05, 4.69) is 21.9 Å². The van der Waals surface area contributed by atoms with Gasteiger partial charge in [-0.05, 0) is 42.2 Å². The molecule has 1 aliphatic rings. The first-order chi connectivity index (χ1) is 11.5. The topological polar surface area (TPSA) is 67.2 Å². The van der Waals surface area contributed by atoms with Crippen LogP contribution >= 0.6 is 11.3 Å². The predicted octanol–water partition coefficient (Wildman–Crippen LogP) is 2.39. The summed E-state index contributed by atoms with van der Waals surface area (Å²) in [6, 6.07) is 3.95. The summed E-state index contributed by atoms with van der Waals surface area (Å²) < 4.78 is 1.59. The van der Waals surface area contributed by atoms with Crippen LogP contribution in [0.1, 0.15) is 37.4 Å². The molecule has 2 aromatic heterocycles. The number of hydrogen-bond acceptors (Lipinski definition) is 4. The van der Waals surface area contributed by atoms with Gasteiger partial charge in [0.05, 0.1) is 5.69 Å². The van der Waals surface area contributed by atoms with Crippen LogP contribution in [0.4, 0.5) is 5.82 Å². The van der Waals surface area contributed by atoms with Crippen LogP contribution in [0.25, 0.3) is 0 Å². The van der Waals surface area contributed by atoms with Crippen LogP contribution in [0.3, 0.4) is 0 Å². The summed E-state index contributed by atoms with van der Waals surface area (Å²) in [6.07, 6.45) is 1.67. The van der Waals surface area contributed by atoms with Gasteiger partial charge in [-0.25, -0.2) is 0 Å². The number of likely N-dealkylation sites (tertiary alicyclic amines) is 1. The second-order valence-corrected chi connectivity index (χ2v) is 7.03. The second kappa shape index (κ2) is 6.76. The van der Waals surface area contributed by atoms with Crippen molar-refractivity contribution >= 4 is 29.0 Å². The van der Waals surface area contributed by atoms with Crippen LogP contribution in [-0.2, 0) is 23.1 Å². The van der Waals surface area contributed by atoms with Gasteiger partial charge in [-0.1, -0.05) is 6.92 Å². The fourth-order valence-electron chi connectivity index (χ4n) is 3.18. The molecule has 1 aliphatic heterocycles. The van der Waals surface area contributed by atoms with Gasteiger partial charge >= 0.3 is 11.8 Å². The van der Waals surface area contributed by atoms with Crippen molar-refractivity contribution in [1.29, 1.82) is 0 Å². The van der Waals surface area contributed by atoms with Gasteiger partial charge in [-0.2, -0.15) is 16.4 Å². The lowest BCUT2D eigenvalue weighted by Crippen LogP contribution is -2.41. The third-order valence-electron chi connectivity index (χ3n) is 4.58. The molecule has 0 aliphatic carbocycles. The third kappa shape index (κ3) is 3.21. The van der Waals surface area contributed by atoms with Crippen molar-refractivity contribution in [1.82, 2.24) is 14.7 Å². The summed E-state index contributed by atoms with van der Waals surface area (Å²) in [5.74, 6) is -0.212. The van der Waals surface area contributed by atoms with Crippen molar-refractivity contribution in [2.45, 2.75) is 38.6 Å². The van der Waals surface area contributed by atoms with Crippen molar-refractivity contribution in [2.75, 3.05) is 11.9 Å². The highest BCUT2D eigenvalue weighted by Crippen LogP contribution is 2.32. The van der Waals surface area contributed by atoms with Gasteiger partial charge in [0.1, 0.15) is 5.82 Å². The minimum absolute atomic E-state index is 0.0610. The van der Waals surface area contributed by atoms with Crippen molar-refractivity contribution < 1.29 is 9.59 Å². The number of nitrogens with one attached hydrogen (secondary N) is 1. The van der Waals surface area contributed by atoms with E-state index in [4.69, 9.17) is 0 Å². The van der Waals surface area contributed by atoms with Crippen molar-refractivity contribution in [2.24, 2.45) is 7.05 Å². The first-order valence-corrected chi connectivity index (χ1v) is 9.10. The Labute approximate surface area is 145 Å². The molecule has 1 N–H and O–H groups in total. The molecule has 24 heavy (non-hydrogen) atoms. The van der Waals surface area contributed by atoms with Crippen LogP contribution in [0.15, 0.2) is 22.9 Å². The number of amides is 2. The van der Waals surface area contributed by atoms with Crippen LogP contribution in [-0.4, -0.2) is 39.1 Å². The summed E-state index contributed by atoms with van der Waals surface area (Å²) in [5, 5.41) is 11.1. The van der Waals surface area contributed by atoms with Crippen LogP contribution in [0.5, 0.6) is 0 Å². The highest BCUT2D eigenvalue weighted by Gasteiger charge is 2.36. The number of aromatic nitrogens is 2. The Morgan fingerprint density at radius 3 is 2.88 bits per heavy atom. The lowest BCUT2D eigenvalue weighted by atomic mass is 10.00. The SMILES string of the molecule is CCc1cc(NC(=O)C(=O)N2C[C@@H](c3ccsc3)C[C@H]2C)n(C)n1. The Bertz CT molecular complexity index is 738. The predicted molar refractivity (Wildman–Crippen MR) is 94.1 cm³/mol. The Morgan fingerprint density at radius 2 is 2.25 bits per heavy atom. The average Bonchev–Trinajstić information content (AvgIpc) is 3.27. The molecule has 0 aromatic carbocycles. The van der Waals surface area contributed by atoms with Crippen molar-refractivity contribution in [3.05, 3.63) is 34.2 Å². The van der Waals surface area contributed by atoms with Crippen LogP contribution in [0.2, 0.25) is 0 Å². The van der Waals surface area contributed by atoms with Crippen molar-refractivity contribution in [3.8, 4) is 0 Å². The lowest BCUT2D eigenvalue weighted by molar-refractivity contribution is -0.143. The summed E-state index contributed by atoms with van der Waals surface area (Å²) in [6.45, 7) is 4.59. The van der Waals surface area contributed by atoms with E-state index in [0.29, 0.717) is 18.3 Å². The number of aryl methyl sites for hydroxylation is 2. The average molecular weight is 346 g/mol. The Kier molecular flexibility index (Phi) is 4.71. The molecular formula is C17H22N4O2S. The van der Waals surface area contributed by atoms with E-state index in [1.807, 2.05) is 19.2 Å². The maximum atomic E-state index is 12.5. The van der Waals surface area contributed by atoms with E-state index in [-0.39, 0.29) is 6.04 Å². The van der Waals surface area contributed by atoms with Gasteiger partial charge in [-0.15, -0.1) is 0 Å². The van der Waals surface area contributed by atoms with Gasteiger partial charge in [0.25, 0.3) is 0 Å². The fraction of sp³-hybridized carbons (Fsp3) is 0.471. The molecule has 1 fully saturated rings. The van der Waals surface area contributed by atoms with Gasteiger partial charge in [0, 0.05) is 31.6 Å². The fourth-order valence-corrected chi connectivity index (χ4v) is 3.92. The summed E-state index contributed by atoms with van der Waals surface area (Å²) in [4.78, 5) is 26.6. The monoisotopic (exact) mass is 346 g/mol. The molecule has 3 heterocycles. The number of thiophene rings is 1. The molecule has 0 spiro atoms. The van der Waals surface area contributed by atoms with Gasteiger partial charge < -0.3 is 10.2 Å². The summed E-state index contributed by atoms with van der Waals surface area (Å²) in [7, 11) is 1.75. The maximum absolute atomic E-state index is 12.5. The number of anilines is 1. The zero-order valence-electron chi connectivity index (χ0n) is 14.2. The van der Waals surface area contributed by atoms with E-state index in [0.717, 1.165) is 18.5 Å². The molecule has 0 radical (unpaired) electrons. The molecule has 3 rings (SSSR count). The number of hydrogen-bond donors (Lipinski definition) is 1. The van der Waals surface area contributed by atoms with Crippen LogP contribution < -0.4 is 5.32 Å². The molecule has 0 unspecified atom stereocenters. The van der Waals surface area contributed by atoms with E-state index >= 15 is 0 Å². The van der Waals surface area contributed by atoms with Gasteiger partial charge in [-0.3, -0.25) is 14.3 Å². The molecule has 2 aromatic rings. The van der Waals surface area contributed by atoms with E-state index < -0.39 is 11.8 Å². The zero-order valence-corrected chi connectivity index (χ0v) is 15.0. The quantitative estimate of drug-likeness (QED) is 0.868. The number of carbonyl (C=O) groups is 2. The smallest absolute Gasteiger partial charge is 0.315 e. The minimum atomic E-state index is -0.599. The number of nitrogens with zero attached hydrogens (tertiary/aromatic N) is 3. The minimum Gasteiger partial charge on any atom is -0.331 e. The lowest BCUT2D eigenvalue weighted by Gasteiger charge is -2.20. The maximum Gasteiger partial charge on any atom is 0.315 e. The summed E-state index contributed by atoms with van der Waals surface area (Å²) in [5.41, 5.74) is 2.13. The molecule has 2 amide bonds. The molecule has 2 atom stereocenters. The van der Waals surface area contributed by atoms with Gasteiger partial charge in [0.2, 0.25) is 0 Å².